The van der Waals surface area contributed by atoms with Gasteiger partial charge in [0, 0.05) is 37.2 Å². The largest absolute Gasteiger partial charge is 0.465 e. The molecule has 1 aliphatic heterocycles. The van der Waals surface area contributed by atoms with Crippen molar-refractivity contribution in [2.45, 2.75) is 19.3 Å². The molecule has 1 saturated heterocycles. The lowest BCUT2D eigenvalue weighted by Crippen LogP contribution is -2.22. The van der Waals surface area contributed by atoms with Gasteiger partial charge in [-0.3, -0.25) is 14.9 Å². The maximum Gasteiger partial charge on any atom is 0.126 e. The van der Waals surface area contributed by atoms with Crippen LogP contribution in [0.2, 0.25) is 0 Å². The maximum atomic E-state index is 5.41. The van der Waals surface area contributed by atoms with E-state index in [1.54, 1.807) is 6.26 Å². The maximum absolute atomic E-state index is 5.41. The Morgan fingerprint density at radius 2 is 2.12 bits per heavy atom. The molecule has 3 aromatic rings. The van der Waals surface area contributed by atoms with Crippen LogP contribution < -0.4 is 0 Å². The van der Waals surface area contributed by atoms with Gasteiger partial charge in [0.2, 0.25) is 0 Å². The highest BCUT2D eigenvalue weighted by Crippen LogP contribution is 2.29. The van der Waals surface area contributed by atoms with E-state index in [4.69, 9.17) is 4.42 Å². The molecule has 132 valence electrons. The van der Waals surface area contributed by atoms with E-state index >= 15 is 0 Å². The quantitative estimate of drug-likeness (QED) is 0.676. The van der Waals surface area contributed by atoms with Gasteiger partial charge in [0.05, 0.1) is 12.0 Å². The number of aromatic nitrogens is 2. The fraction of sp³-hybridized carbons (Fsp3) is 0.273. The second-order valence-electron chi connectivity index (χ2n) is 6.94. The predicted molar refractivity (Wildman–Crippen MR) is 104 cm³/mol. The Balaban J connectivity index is 1.42. The lowest BCUT2D eigenvalue weighted by atomic mass is 9.97. The Morgan fingerprint density at radius 3 is 2.92 bits per heavy atom. The summed E-state index contributed by atoms with van der Waals surface area (Å²) in [7, 11) is 0. The minimum Gasteiger partial charge on any atom is -0.465 e. The summed E-state index contributed by atoms with van der Waals surface area (Å²) in [5.41, 5.74) is 4.85. The number of hydrogen-bond acceptors (Lipinski definition) is 4. The summed E-state index contributed by atoms with van der Waals surface area (Å²) >= 11 is 0. The molecule has 1 atom stereocenters. The van der Waals surface area contributed by atoms with Crippen LogP contribution in [0, 0.1) is 0 Å². The summed E-state index contributed by atoms with van der Waals surface area (Å²) in [6, 6.07) is 12.3. The molecule has 4 rings (SSSR count). The summed E-state index contributed by atoms with van der Waals surface area (Å²) in [4.78, 5) is 11.1. The van der Waals surface area contributed by atoms with E-state index in [1.165, 1.54) is 17.6 Å². The zero-order chi connectivity index (χ0) is 17.8. The van der Waals surface area contributed by atoms with Crippen LogP contribution in [0.1, 0.15) is 30.6 Å². The van der Waals surface area contributed by atoms with Crippen molar-refractivity contribution in [1.29, 1.82) is 0 Å². The van der Waals surface area contributed by atoms with Crippen molar-refractivity contribution >= 4 is 6.08 Å². The molecule has 0 saturated carbocycles. The molecule has 4 nitrogen and oxygen atoms in total. The first-order valence-corrected chi connectivity index (χ1v) is 9.07. The molecule has 0 amide bonds. The Bertz CT molecular complexity index is 871. The van der Waals surface area contributed by atoms with Crippen molar-refractivity contribution < 1.29 is 4.42 Å². The van der Waals surface area contributed by atoms with Crippen molar-refractivity contribution in [3.8, 4) is 11.3 Å². The van der Waals surface area contributed by atoms with Crippen molar-refractivity contribution in [3.63, 3.8) is 0 Å². The van der Waals surface area contributed by atoms with Crippen LogP contribution in [0.5, 0.6) is 0 Å². The first-order chi connectivity index (χ1) is 12.8. The third kappa shape index (κ3) is 3.92. The SMILES string of the molecule is C/C(=C\c1ccco1)CN1CCC(c2ccnc(-c3ccncc3)c2)C1. The van der Waals surface area contributed by atoms with E-state index in [9.17, 15) is 0 Å². The van der Waals surface area contributed by atoms with E-state index in [0.717, 1.165) is 36.7 Å². The number of nitrogens with zero attached hydrogens (tertiary/aromatic N) is 3. The van der Waals surface area contributed by atoms with Crippen molar-refractivity contribution in [1.82, 2.24) is 14.9 Å². The average Bonchev–Trinajstić information content (AvgIpc) is 3.35. The van der Waals surface area contributed by atoms with Gasteiger partial charge in [-0.05, 0) is 73.8 Å². The van der Waals surface area contributed by atoms with Crippen molar-refractivity contribution in [3.05, 3.63) is 78.1 Å². The Labute approximate surface area is 154 Å². The molecule has 1 fully saturated rings. The van der Waals surface area contributed by atoms with E-state index in [-0.39, 0.29) is 0 Å². The minimum absolute atomic E-state index is 0.565. The molecule has 0 aromatic carbocycles. The summed E-state index contributed by atoms with van der Waals surface area (Å²) in [5, 5.41) is 0. The summed E-state index contributed by atoms with van der Waals surface area (Å²) < 4.78 is 5.41. The lowest BCUT2D eigenvalue weighted by molar-refractivity contribution is 0.364. The molecule has 1 aliphatic rings. The molecular formula is C22H23N3O. The van der Waals surface area contributed by atoms with Gasteiger partial charge in [-0.25, -0.2) is 0 Å². The molecule has 0 N–H and O–H groups in total. The van der Waals surface area contributed by atoms with Crippen LogP contribution >= 0.6 is 0 Å². The molecule has 0 spiro atoms. The Hall–Kier alpha value is -2.72. The van der Waals surface area contributed by atoms with Crippen molar-refractivity contribution in [2.24, 2.45) is 0 Å². The topological polar surface area (TPSA) is 42.2 Å². The van der Waals surface area contributed by atoms with Gasteiger partial charge in [0.25, 0.3) is 0 Å². The van der Waals surface area contributed by atoms with Crippen molar-refractivity contribution in [2.75, 3.05) is 19.6 Å². The summed E-state index contributed by atoms with van der Waals surface area (Å²) in [6.07, 6.45) is 10.6. The third-order valence-electron chi connectivity index (χ3n) is 4.91. The Kier molecular flexibility index (Phi) is 4.93. The predicted octanol–water partition coefficient (Wildman–Crippen LogP) is 4.63. The van der Waals surface area contributed by atoms with Crippen LogP contribution in [0.3, 0.4) is 0 Å². The van der Waals surface area contributed by atoms with Crippen LogP contribution in [0.25, 0.3) is 17.3 Å². The zero-order valence-corrected chi connectivity index (χ0v) is 15.0. The van der Waals surface area contributed by atoms with Crippen LogP contribution in [0.15, 0.2) is 71.2 Å². The highest BCUT2D eigenvalue weighted by Gasteiger charge is 2.24. The number of hydrogen-bond donors (Lipinski definition) is 0. The smallest absolute Gasteiger partial charge is 0.126 e. The first-order valence-electron chi connectivity index (χ1n) is 9.07. The summed E-state index contributed by atoms with van der Waals surface area (Å²) in [5.74, 6) is 1.49. The highest BCUT2D eigenvalue weighted by atomic mass is 16.3. The second-order valence-corrected chi connectivity index (χ2v) is 6.94. The lowest BCUT2D eigenvalue weighted by Gasteiger charge is -2.17. The molecule has 0 aliphatic carbocycles. The second kappa shape index (κ2) is 7.67. The molecule has 4 heteroatoms. The van der Waals surface area contributed by atoms with Crippen LogP contribution in [-0.4, -0.2) is 34.5 Å². The van der Waals surface area contributed by atoms with Crippen LogP contribution in [0.4, 0.5) is 0 Å². The number of rotatable bonds is 5. The third-order valence-corrected chi connectivity index (χ3v) is 4.91. The minimum atomic E-state index is 0.565. The van der Waals surface area contributed by atoms with E-state index in [0.29, 0.717) is 5.92 Å². The number of pyridine rings is 2. The Morgan fingerprint density at radius 1 is 1.23 bits per heavy atom. The number of furan rings is 1. The molecule has 3 aromatic heterocycles. The average molecular weight is 345 g/mol. The van der Waals surface area contributed by atoms with Gasteiger partial charge in [0.1, 0.15) is 5.76 Å². The first kappa shape index (κ1) is 16.7. The van der Waals surface area contributed by atoms with E-state index in [1.807, 2.05) is 42.9 Å². The highest BCUT2D eigenvalue weighted by molar-refractivity contribution is 5.59. The standard InChI is InChI=1S/C22H23N3O/c1-17(13-21-3-2-12-26-21)15-25-11-7-20(16-25)19-6-10-24-22(14-19)18-4-8-23-9-5-18/h2-6,8-10,12-14,20H,7,11,15-16H2,1H3/b17-13+. The van der Waals surface area contributed by atoms with Gasteiger partial charge in [-0.2, -0.15) is 0 Å². The molecular weight excluding hydrogens is 322 g/mol. The van der Waals surface area contributed by atoms with Gasteiger partial charge >= 0.3 is 0 Å². The molecule has 26 heavy (non-hydrogen) atoms. The van der Waals surface area contributed by atoms with Gasteiger partial charge in [-0.15, -0.1) is 0 Å². The zero-order valence-electron chi connectivity index (χ0n) is 15.0. The van der Waals surface area contributed by atoms with Crippen LogP contribution in [-0.2, 0) is 0 Å². The molecule has 0 radical (unpaired) electrons. The fourth-order valence-corrected chi connectivity index (χ4v) is 3.64. The molecule has 0 bridgehead atoms. The monoisotopic (exact) mass is 345 g/mol. The summed E-state index contributed by atoms with van der Waals surface area (Å²) in [6.45, 7) is 5.37. The number of likely N-dealkylation sites (tertiary alicyclic amines) is 1. The van der Waals surface area contributed by atoms with Gasteiger partial charge in [-0.1, -0.05) is 5.57 Å². The molecule has 1 unspecified atom stereocenters. The van der Waals surface area contributed by atoms with Gasteiger partial charge < -0.3 is 4.42 Å². The normalized spacial score (nSPS) is 18.3. The fourth-order valence-electron chi connectivity index (χ4n) is 3.64. The molecule has 4 heterocycles. The van der Waals surface area contributed by atoms with E-state index < -0.39 is 0 Å². The van der Waals surface area contributed by atoms with E-state index in [2.05, 4.69) is 40.0 Å². The van der Waals surface area contributed by atoms with Gasteiger partial charge in [0.15, 0.2) is 0 Å².